The monoisotopic (exact) mass is 266 g/mol. The van der Waals surface area contributed by atoms with Gasteiger partial charge in [-0.15, -0.1) is 0 Å². The maximum Gasteiger partial charge on any atom is 0.175 e. The molecule has 0 aliphatic rings. The summed E-state index contributed by atoms with van der Waals surface area (Å²) in [5.74, 6) is 0. The summed E-state index contributed by atoms with van der Waals surface area (Å²) in [5.41, 5.74) is 8.01. The first-order valence-corrected chi connectivity index (χ1v) is 7.89. The zero-order valence-electron chi connectivity index (χ0n) is 10.6. The fraction of sp³-hybridized carbons (Fsp3) is 0.385. The Morgan fingerprint density at radius 3 is 2.72 bits per heavy atom. The first kappa shape index (κ1) is 13.1. The van der Waals surface area contributed by atoms with Crippen molar-refractivity contribution in [2.24, 2.45) is 5.73 Å². The van der Waals surface area contributed by atoms with Gasteiger partial charge in [-0.05, 0) is 30.2 Å². The van der Waals surface area contributed by atoms with Crippen molar-refractivity contribution in [2.75, 3.05) is 6.26 Å². The van der Waals surface area contributed by atoms with E-state index >= 15 is 0 Å². The molecule has 0 saturated carbocycles. The topological polar surface area (TPSA) is 76.0 Å². The molecular weight excluding hydrogens is 248 g/mol. The average Bonchev–Trinajstić information content (AvgIpc) is 2.70. The molecule has 5 heteroatoms. The zero-order valence-corrected chi connectivity index (χ0v) is 11.4. The molecule has 0 aliphatic heterocycles. The second-order valence-electron chi connectivity index (χ2n) is 4.62. The van der Waals surface area contributed by atoms with E-state index in [1.165, 1.54) is 6.26 Å². The van der Waals surface area contributed by atoms with E-state index in [1.807, 2.05) is 6.20 Å². The van der Waals surface area contributed by atoms with E-state index in [9.17, 15) is 8.42 Å². The summed E-state index contributed by atoms with van der Waals surface area (Å²) >= 11 is 0. The highest BCUT2D eigenvalue weighted by Crippen LogP contribution is 2.27. The molecule has 3 N–H and O–H groups in total. The molecule has 98 valence electrons. The molecule has 0 aliphatic carbocycles. The molecule has 2 aromatic rings. The number of nitrogens with two attached hydrogens (primary N) is 1. The van der Waals surface area contributed by atoms with Gasteiger partial charge < -0.3 is 10.7 Å². The Morgan fingerprint density at radius 2 is 2.11 bits per heavy atom. The molecule has 0 bridgehead atoms. The van der Waals surface area contributed by atoms with E-state index in [0.29, 0.717) is 4.90 Å². The number of H-pyrrole nitrogens is 1. The first-order chi connectivity index (χ1) is 8.43. The van der Waals surface area contributed by atoms with Crippen molar-refractivity contribution in [1.82, 2.24) is 4.98 Å². The summed E-state index contributed by atoms with van der Waals surface area (Å²) < 4.78 is 23.1. The van der Waals surface area contributed by atoms with Gasteiger partial charge in [-0.2, -0.15) is 0 Å². The molecule has 1 atom stereocenters. The molecule has 1 aromatic carbocycles. The van der Waals surface area contributed by atoms with Crippen LogP contribution in [0.4, 0.5) is 0 Å². The van der Waals surface area contributed by atoms with Crippen LogP contribution >= 0.6 is 0 Å². The average molecular weight is 266 g/mol. The lowest BCUT2D eigenvalue weighted by Crippen LogP contribution is -2.09. The highest BCUT2D eigenvalue weighted by Gasteiger charge is 2.14. The van der Waals surface area contributed by atoms with Crippen molar-refractivity contribution >= 4 is 20.7 Å². The largest absolute Gasteiger partial charge is 0.361 e. The third kappa shape index (κ3) is 2.42. The summed E-state index contributed by atoms with van der Waals surface area (Å²) in [4.78, 5) is 3.46. The Balaban J connectivity index is 2.57. The van der Waals surface area contributed by atoms with Crippen molar-refractivity contribution in [3.05, 3.63) is 30.0 Å². The van der Waals surface area contributed by atoms with E-state index in [-0.39, 0.29) is 6.04 Å². The fourth-order valence-electron chi connectivity index (χ4n) is 2.13. The van der Waals surface area contributed by atoms with Crippen LogP contribution in [0.1, 0.15) is 31.4 Å². The van der Waals surface area contributed by atoms with Crippen LogP contribution in [0, 0.1) is 0 Å². The Hall–Kier alpha value is -1.33. The van der Waals surface area contributed by atoms with Crippen LogP contribution < -0.4 is 5.73 Å². The molecule has 1 aromatic heterocycles. The van der Waals surface area contributed by atoms with Gasteiger partial charge in [0, 0.05) is 29.4 Å². The van der Waals surface area contributed by atoms with E-state index in [0.717, 1.165) is 29.3 Å². The minimum atomic E-state index is -3.18. The lowest BCUT2D eigenvalue weighted by molar-refractivity contribution is 0.602. The van der Waals surface area contributed by atoms with Crippen LogP contribution in [0.5, 0.6) is 0 Å². The number of benzene rings is 1. The van der Waals surface area contributed by atoms with Crippen molar-refractivity contribution in [1.29, 1.82) is 0 Å². The van der Waals surface area contributed by atoms with E-state index in [2.05, 4.69) is 11.9 Å². The number of hydrogen-bond donors (Lipinski definition) is 2. The smallest absolute Gasteiger partial charge is 0.175 e. The molecule has 4 nitrogen and oxygen atoms in total. The molecule has 0 fully saturated rings. The van der Waals surface area contributed by atoms with Crippen molar-refractivity contribution in [3.8, 4) is 0 Å². The van der Waals surface area contributed by atoms with Crippen molar-refractivity contribution in [3.63, 3.8) is 0 Å². The zero-order chi connectivity index (χ0) is 13.3. The molecule has 0 radical (unpaired) electrons. The van der Waals surface area contributed by atoms with Crippen LogP contribution in [-0.4, -0.2) is 19.7 Å². The van der Waals surface area contributed by atoms with Gasteiger partial charge in [-0.25, -0.2) is 8.42 Å². The SMILES string of the molecule is CCCC(N)c1c[nH]c2ccc(S(C)(=O)=O)cc12. The van der Waals surface area contributed by atoms with E-state index in [1.54, 1.807) is 18.2 Å². The van der Waals surface area contributed by atoms with Gasteiger partial charge in [0.1, 0.15) is 0 Å². The number of fused-ring (bicyclic) bond motifs is 1. The molecular formula is C13H18N2O2S. The minimum absolute atomic E-state index is 0.0569. The molecule has 0 spiro atoms. The minimum Gasteiger partial charge on any atom is -0.361 e. The maximum absolute atomic E-state index is 11.6. The highest BCUT2D eigenvalue weighted by molar-refractivity contribution is 7.90. The predicted octanol–water partition coefficient (Wildman–Crippen LogP) is 2.37. The number of sulfone groups is 1. The Morgan fingerprint density at radius 1 is 1.39 bits per heavy atom. The van der Waals surface area contributed by atoms with Crippen LogP contribution in [0.3, 0.4) is 0 Å². The number of aromatic amines is 1. The van der Waals surface area contributed by atoms with Crippen LogP contribution in [0.25, 0.3) is 10.9 Å². The molecule has 0 saturated heterocycles. The molecule has 1 heterocycles. The van der Waals surface area contributed by atoms with E-state index < -0.39 is 9.84 Å². The quantitative estimate of drug-likeness (QED) is 0.892. The third-order valence-corrected chi connectivity index (χ3v) is 4.22. The van der Waals surface area contributed by atoms with Gasteiger partial charge in [-0.1, -0.05) is 13.3 Å². The highest BCUT2D eigenvalue weighted by atomic mass is 32.2. The Labute approximate surface area is 107 Å². The summed E-state index contributed by atoms with van der Waals surface area (Å²) in [6.07, 6.45) is 4.97. The lowest BCUT2D eigenvalue weighted by Gasteiger charge is -2.09. The van der Waals surface area contributed by atoms with Crippen molar-refractivity contribution in [2.45, 2.75) is 30.7 Å². The second-order valence-corrected chi connectivity index (χ2v) is 6.63. The second kappa shape index (κ2) is 4.74. The normalized spacial score (nSPS) is 13.9. The molecule has 0 amide bonds. The fourth-order valence-corrected chi connectivity index (χ4v) is 2.77. The van der Waals surface area contributed by atoms with Gasteiger partial charge in [0.15, 0.2) is 9.84 Å². The number of nitrogens with one attached hydrogen (secondary N) is 1. The number of rotatable bonds is 4. The van der Waals surface area contributed by atoms with E-state index in [4.69, 9.17) is 5.73 Å². The van der Waals surface area contributed by atoms with Gasteiger partial charge in [0.25, 0.3) is 0 Å². The molecule has 2 rings (SSSR count). The number of aromatic nitrogens is 1. The standard InChI is InChI=1S/C13H18N2O2S/c1-3-4-12(14)11-8-15-13-6-5-9(7-10(11)13)18(2,16)17/h5-8,12,15H,3-4,14H2,1-2H3. The third-order valence-electron chi connectivity index (χ3n) is 3.11. The van der Waals surface area contributed by atoms with Gasteiger partial charge >= 0.3 is 0 Å². The lowest BCUT2D eigenvalue weighted by atomic mass is 10.0. The van der Waals surface area contributed by atoms with Crippen molar-refractivity contribution < 1.29 is 8.42 Å². The molecule has 18 heavy (non-hydrogen) atoms. The first-order valence-electron chi connectivity index (χ1n) is 6.00. The maximum atomic E-state index is 11.6. The van der Waals surface area contributed by atoms with Crippen LogP contribution in [0.15, 0.2) is 29.3 Å². The Bertz CT molecular complexity index is 659. The van der Waals surface area contributed by atoms with Crippen LogP contribution in [-0.2, 0) is 9.84 Å². The predicted molar refractivity (Wildman–Crippen MR) is 73.2 cm³/mol. The van der Waals surface area contributed by atoms with Gasteiger partial charge in [0.2, 0.25) is 0 Å². The van der Waals surface area contributed by atoms with Gasteiger partial charge in [-0.3, -0.25) is 0 Å². The number of hydrogen-bond acceptors (Lipinski definition) is 3. The van der Waals surface area contributed by atoms with Crippen LogP contribution in [0.2, 0.25) is 0 Å². The summed E-state index contributed by atoms with van der Waals surface area (Å²) in [7, 11) is -3.18. The summed E-state index contributed by atoms with van der Waals surface area (Å²) in [6.45, 7) is 2.08. The molecule has 1 unspecified atom stereocenters. The summed E-state index contributed by atoms with van der Waals surface area (Å²) in [5, 5.41) is 0.902. The summed E-state index contributed by atoms with van der Waals surface area (Å²) in [6, 6.07) is 5.04. The van der Waals surface area contributed by atoms with Gasteiger partial charge in [0.05, 0.1) is 4.90 Å². The Kier molecular flexibility index (Phi) is 3.45.